The summed E-state index contributed by atoms with van der Waals surface area (Å²) in [6, 6.07) is 1.84. The summed E-state index contributed by atoms with van der Waals surface area (Å²) in [6.07, 6.45) is 5.48. The van der Waals surface area contributed by atoms with E-state index < -0.39 is 5.92 Å². The summed E-state index contributed by atoms with van der Waals surface area (Å²) in [5.41, 5.74) is 6.89. The van der Waals surface area contributed by atoms with Gasteiger partial charge >= 0.3 is 0 Å². The van der Waals surface area contributed by atoms with Gasteiger partial charge in [-0.15, -0.1) is 0 Å². The monoisotopic (exact) mass is 335 g/mol. The van der Waals surface area contributed by atoms with E-state index in [0.717, 1.165) is 24.2 Å². The molecule has 0 saturated heterocycles. The highest BCUT2D eigenvalue weighted by Crippen LogP contribution is 2.30. The highest BCUT2D eigenvalue weighted by Gasteiger charge is 2.26. The molecule has 0 radical (unpaired) electrons. The highest BCUT2D eigenvalue weighted by molar-refractivity contribution is 5.80. The molecule has 0 bridgehead atoms. The van der Waals surface area contributed by atoms with Crippen molar-refractivity contribution in [3.8, 4) is 0 Å². The van der Waals surface area contributed by atoms with Crippen molar-refractivity contribution in [2.75, 3.05) is 12.0 Å². The van der Waals surface area contributed by atoms with Gasteiger partial charge in [-0.05, 0) is 32.3 Å². The average molecular weight is 335 g/mol. The van der Waals surface area contributed by atoms with Crippen LogP contribution >= 0.6 is 0 Å². The number of hydroxylamine groups is 2. The number of nitrogens with zero attached hydrogens (tertiary/aromatic N) is 3. The Kier molecular flexibility index (Phi) is 6.48. The number of anilines is 1. The van der Waals surface area contributed by atoms with Gasteiger partial charge < -0.3 is 0 Å². The van der Waals surface area contributed by atoms with Crippen molar-refractivity contribution in [3.05, 3.63) is 17.5 Å². The lowest BCUT2D eigenvalue weighted by atomic mass is 9.92. The molecule has 8 nitrogen and oxygen atoms in total. The molecule has 0 aromatic carbocycles. The molecule has 0 spiro atoms. The van der Waals surface area contributed by atoms with Gasteiger partial charge in [0, 0.05) is 11.4 Å². The number of hydrogen-bond acceptors (Lipinski definition) is 6. The Balaban J connectivity index is 1.95. The minimum Gasteiger partial charge on any atom is -0.286 e. The molecular formula is C16H25N5O3. The van der Waals surface area contributed by atoms with Crippen LogP contribution in [0.4, 0.5) is 5.95 Å². The van der Waals surface area contributed by atoms with Crippen molar-refractivity contribution in [1.82, 2.24) is 20.5 Å². The summed E-state index contributed by atoms with van der Waals surface area (Å²) < 4.78 is 0. The van der Waals surface area contributed by atoms with Crippen molar-refractivity contribution in [1.29, 1.82) is 0 Å². The van der Waals surface area contributed by atoms with E-state index in [9.17, 15) is 14.8 Å². The number of amides is 2. The number of hydrazine groups is 1. The van der Waals surface area contributed by atoms with Crippen LogP contribution in [0.2, 0.25) is 0 Å². The zero-order chi connectivity index (χ0) is 17.5. The molecule has 1 saturated carbocycles. The number of carbonyl (C=O) groups is 2. The first kappa shape index (κ1) is 18.1. The normalized spacial score (nSPS) is 15.8. The first-order valence-electron chi connectivity index (χ1n) is 8.27. The van der Waals surface area contributed by atoms with Gasteiger partial charge in [0.1, 0.15) is 0 Å². The van der Waals surface area contributed by atoms with Crippen molar-refractivity contribution in [2.45, 2.75) is 46.0 Å². The minimum absolute atomic E-state index is 0.0266. The predicted molar refractivity (Wildman–Crippen MR) is 87.9 cm³/mol. The van der Waals surface area contributed by atoms with E-state index in [4.69, 9.17) is 0 Å². The van der Waals surface area contributed by atoms with E-state index >= 15 is 0 Å². The van der Waals surface area contributed by atoms with Gasteiger partial charge in [0.15, 0.2) is 0 Å². The molecule has 2 rings (SSSR count). The van der Waals surface area contributed by atoms with Crippen molar-refractivity contribution in [3.63, 3.8) is 0 Å². The summed E-state index contributed by atoms with van der Waals surface area (Å²) in [4.78, 5) is 31.5. The van der Waals surface area contributed by atoms with Crippen molar-refractivity contribution < 1.29 is 14.8 Å². The molecule has 24 heavy (non-hydrogen) atoms. The summed E-state index contributed by atoms with van der Waals surface area (Å²) in [5, 5.41) is 9.97. The van der Waals surface area contributed by atoms with Gasteiger partial charge in [0.2, 0.25) is 18.3 Å². The Morgan fingerprint density at radius 2 is 2.00 bits per heavy atom. The molecule has 1 aliphatic rings. The molecule has 1 unspecified atom stereocenters. The van der Waals surface area contributed by atoms with Gasteiger partial charge in [-0.2, -0.15) is 0 Å². The van der Waals surface area contributed by atoms with Crippen molar-refractivity contribution >= 4 is 18.3 Å². The smallest absolute Gasteiger partial charge is 0.243 e. The predicted octanol–water partition coefficient (Wildman–Crippen LogP) is 1.58. The zero-order valence-electron chi connectivity index (χ0n) is 14.2. The summed E-state index contributed by atoms with van der Waals surface area (Å²) in [6.45, 7) is 3.66. The maximum atomic E-state index is 12.4. The molecule has 1 heterocycles. The third kappa shape index (κ3) is 5.45. The second-order valence-corrected chi connectivity index (χ2v) is 6.40. The van der Waals surface area contributed by atoms with Crippen LogP contribution in [0.1, 0.15) is 43.5 Å². The van der Waals surface area contributed by atoms with Gasteiger partial charge in [-0.25, -0.2) is 15.0 Å². The lowest BCUT2D eigenvalue weighted by Gasteiger charge is -2.22. The molecule has 1 atom stereocenters. The second-order valence-electron chi connectivity index (χ2n) is 6.40. The maximum Gasteiger partial charge on any atom is 0.243 e. The summed E-state index contributed by atoms with van der Waals surface area (Å²) in [7, 11) is 0. The number of carbonyl (C=O) groups excluding carboxylic acids is 2. The fourth-order valence-electron chi connectivity index (χ4n) is 3.18. The van der Waals surface area contributed by atoms with Crippen LogP contribution in [-0.2, 0) is 9.59 Å². The first-order valence-corrected chi connectivity index (χ1v) is 8.27. The molecule has 8 heteroatoms. The van der Waals surface area contributed by atoms with Crippen LogP contribution in [0.25, 0.3) is 0 Å². The van der Waals surface area contributed by atoms with Crippen LogP contribution in [0.5, 0.6) is 0 Å². The number of hydrogen-bond donors (Lipinski definition) is 3. The SMILES string of the molecule is Cc1cc(C)nc(NNC(=O)C(CC2CCCC2)CN(O)C=O)n1. The number of aromatic nitrogens is 2. The standard InChI is InChI=1S/C16H25N5O3/c1-11-7-12(2)18-16(17-11)20-19-15(23)14(9-21(24)10-22)8-13-5-3-4-6-13/h7,10,13-14,24H,3-6,8-9H2,1-2H3,(H,19,23)(H,17,18,20). The molecule has 2 amide bonds. The molecule has 3 N–H and O–H groups in total. The molecule has 1 aromatic rings. The van der Waals surface area contributed by atoms with E-state index in [1.54, 1.807) is 0 Å². The van der Waals surface area contributed by atoms with E-state index in [0.29, 0.717) is 29.8 Å². The maximum absolute atomic E-state index is 12.4. The van der Waals surface area contributed by atoms with Gasteiger partial charge in [-0.1, -0.05) is 25.7 Å². The Morgan fingerprint density at radius 1 is 1.38 bits per heavy atom. The molecule has 1 aliphatic carbocycles. The molecule has 1 fully saturated rings. The van der Waals surface area contributed by atoms with Crippen LogP contribution < -0.4 is 10.9 Å². The van der Waals surface area contributed by atoms with E-state index in [1.165, 1.54) is 12.8 Å². The lowest BCUT2D eigenvalue weighted by Crippen LogP contribution is -2.41. The third-order valence-corrected chi connectivity index (χ3v) is 4.27. The molecule has 0 aliphatic heterocycles. The van der Waals surface area contributed by atoms with E-state index in [2.05, 4.69) is 20.8 Å². The fraction of sp³-hybridized carbons (Fsp3) is 0.625. The topological polar surface area (TPSA) is 107 Å². The zero-order valence-corrected chi connectivity index (χ0v) is 14.2. The third-order valence-electron chi connectivity index (χ3n) is 4.27. The largest absolute Gasteiger partial charge is 0.286 e. The van der Waals surface area contributed by atoms with Gasteiger partial charge in [0.05, 0.1) is 12.5 Å². The Bertz CT molecular complexity index is 555. The fourth-order valence-corrected chi connectivity index (χ4v) is 3.18. The Labute approximate surface area is 141 Å². The minimum atomic E-state index is -0.485. The highest BCUT2D eigenvalue weighted by atomic mass is 16.5. The van der Waals surface area contributed by atoms with Crippen LogP contribution in [0.3, 0.4) is 0 Å². The Hall–Kier alpha value is -2.22. The molecule has 132 valence electrons. The van der Waals surface area contributed by atoms with Gasteiger partial charge in [-0.3, -0.25) is 25.6 Å². The lowest BCUT2D eigenvalue weighted by molar-refractivity contribution is -0.154. The average Bonchev–Trinajstić information content (AvgIpc) is 3.04. The number of rotatable bonds is 8. The quantitative estimate of drug-likeness (QED) is 0.378. The Morgan fingerprint density at radius 3 is 2.58 bits per heavy atom. The van der Waals surface area contributed by atoms with Crippen LogP contribution in [-0.4, -0.2) is 39.1 Å². The van der Waals surface area contributed by atoms with E-state index in [-0.39, 0.29) is 12.5 Å². The molecular weight excluding hydrogens is 310 g/mol. The molecule has 1 aromatic heterocycles. The van der Waals surface area contributed by atoms with Crippen LogP contribution in [0, 0.1) is 25.7 Å². The summed E-state index contributed by atoms with van der Waals surface area (Å²) in [5.74, 6) is 0.00207. The van der Waals surface area contributed by atoms with Gasteiger partial charge in [0.25, 0.3) is 0 Å². The number of aryl methyl sites for hydroxylation is 2. The summed E-state index contributed by atoms with van der Waals surface area (Å²) >= 11 is 0. The van der Waals surface area contributed by atoms with E-state index in [1.807, 2.05) is 19.9 Å². The first-order chi connectivity index (χ1) is 11.5. The number of nitrogens with one attached hydrogen (secondary N) is 2. The second kappa shape index (κ2) is 8.58. The van der Waals surface area contributed by atoms with Crippen LogP contribution in [0.15, 0.2) is 6.07 Å². The van der Waals surface area contributed by atoms with Crippen molar-refractivity contribution in [2.24, 2.45) is 11.8 Å².